The van der Waals surface area contributed by atoms with Crippen molar-refractivity contribution in [2.75, 3.05) is 11.9 Å². The minimum Gasteiger partial charge on any atom is -0.483 e. The van der Waals surface area contributed by atoms with E-state index in [0.29, 0.717) is 10.9 Å². The number of thiocarbonyl (C=S) groups is 2. The largest absolute Gasteiger partial charge is 0.483 e. The SMILES string of the molecule is O=C(COc1ccc2ccccc2c1Br)NC(=S)NNC(=S)Nc1ccccc1. The van der Waals surface area contributed by atoms with Crippen molar-refractivity contribution < 1.29 is 9.53 Å². The first-order valence-corrected chi connectivity index (χ1v) is 10.2. The van der Waals surface area contributed by atoms with Gasteiger partial charge in [-0.3, -0.25) is 21.0 Å². The lowest BCUT2D eigenvalue weighted by molar-refractivity contribution is -0.121. The molecule has 4 N–H and O–H groups in total. The molecule has 0 heterocycles. The maximum absolute atomic E-state index is 12.1. The molecule has 0 atom stereocenters. The summed E-state index contributed by atoms with van der Waals surface area (Å²) < 4.78 is 6.40. The predicted octanol–water partition coefficient (Wildman–Crippen LogP) is 3.87. The number of halogens is 1. The molecule has 0 fully saturated rings. The number of ether oxygens (including phenoxy) is 1. The van der Waals surface area contributed by atoms with Gasteiger partial charge in [0.15, 0.2) is 16.8 Å². The number of fused-ring (bicyclic) bond motifs is 1. The second kappa shape index (κ2) is 10.1. The van der Waals surface area contributed by atoms with E-state index in [4.69, 9.17) is 29.2 Å². The van der Waals surface area contributed by atoms with Crippen molar-refractivity contribution in [2.24, 2.45) is 0 Å². The lowest BCUT2D eigenvalue weighted by Gasteiger charge is -2.14. The van der Waals surface area contributed by atoms with E-state index in [1.165, 1.54) is 0 Å². The van der Waals surface area contributed by atoms with E-state index in [9.17, 15) is 4.79 Å². The molecule has 0 saturated heterocycles. The molecule has 1 amide bonds. The third kappa shape index (κ3) is 6.11. The van der Waals surface area contributed by atoms with Gasteiger partial charge in [-0.25, -0.2) is 0 Å². The molecule has 0 aliphatic heterocycles. The number of para-hydroxylation sites is 1. The van der Waals surface area contributed by atoms with E-state index in [2.05, 4.69) is 37.4 Å². The van der Waals surface area contributed by atoms with Crippen molar-refractivity contribution in [3.63, 3.8) is 0 Å². The number of hydrazine groups is 1. The van der Waals surface area contributed by atoms with Gasteiger partial charge in [0.25, 0.3) is 5.91 Å². The Hall–Kier alpha value is -2.75. The van der Waals surface area contributed by atoms with Crippen LogP contribution >= 0.6 is 40.4 Å². The molecule has 0 radical (unpaired) electrons. The van der Waals surface area contributed by atoms with Crippen LogP contribution in [0, 0.1) is 0 Å². The summed E-state index contributed by atoms with van der Waals surface area (Å²) in [7, 11) is 0. The van der Waals surface area contributed by atoms with E-state index in [0.717, 1.165) is 20.9 Å². The van der Waals surface area contributed by atoms with Gasteiger partial charge in [0.2, 0.25) is 0 Å². The average molecular weight is 489 g/mol. The molecule has 3 aromatic rings. The van der Waals surface area contributed by atoms with Crippen LogP contribution in [-0.2, 0) is 4.79 Å². The standard InChI is InChI=1S/C20H17BrN4O2S2/c21-18-15-9-5-4-6-13(15)10-11-16(18)27-12-17(26)23-20(29)25-24-19(28)22-14-7-2-1-3-8-14/h1-11H,12H2,(H2,22,24,28)(H2,23,25,26,29). The minimum absolute atomic E-state index is 0.0772. The number of anilines is 1. The number of carbonyl (C=O) groups excluding carboxylic acids is 1. The highest BCUT2D eigenvalue weighted by Crippen LogP contribution is 2.32. The molecule has 3 rings (SSSR count). The summed E-state index contributed by atoms with van der Waals surface area (Å²) >= 11 is 13.7. The van der Waals surface area contributed by atoms with E-state index in [-0.39, 0.29) is 11.7 Å². The molecule has 148 valence electrons. The zero-order valence-electron chi connectivity index (χ0n) is 15.1. The van der Waals surface area contributed by atoms with Gasteiger partial charge in [-0.15, -0.1) is 0 Å². The molecule has 0 aliphatic carbocycles. The monoisotopic (exact) mass is 488 g/mol. The molecular formula is C20H17BrN4O2S2. The normalized spacial score (nSPS) is 10.1. The Bertz CT molecular complexity index is 1050. The van der Waals surface area contributed by atoms with E-state index < -0.39 is 5.91 Å². The van der Waals surface area contributed by atoms with Crippen molar-refractivity contribution >= 4 is 73.0 Å². The smallest absolute Gasteiger partial charge is 0.264 e. The first-order valence-electron chi connectivity index (χ1n) is 8.55. The van der Waals surface area contributed by atoms with Gasteiger partial charge in [-0.05, 0) is 69.3 Å². The van der Waals surface area contributed by atoms with Gasteiger partial charge >= 0.3 is 0 Å². The molecule has 0 unspecified atom stereocenters. The van der Waals surface area contributed by atoms with Crippen LogP contribution < -0.4 is 26.2 Å². The van der Waals surface area contributed by atoms with Crippen LogP contribution in [-0.4, -0.2) is 22.7 Å². The van der Waals surface area contributed by atoms with E-state index in [1.54, 1.807) is 0 Å². The van der Waals surface area contributed by atoms with Gasteiger partial charge in [-0.1, -0.05) is 48.5 Å². The van der Waals surface area contributed by atoms with Crippen molar-refractivity contribution in [1.82, 2.24) is 16.2 Å². The maximum atomic E-state index is 12.1. The lowest BCUT2D eigenvalue weighted by Crippen LogP contribution is -2.50. The predicted molar refractivity (Wildman–Crippen MR) is 127 cm³/mol. The molecule has 6 nitrogen and oxygen atoms in total. The van der Waals surface area contributed by atoms with Crippen LogP contribution in [0.15, 0.2) is 71.2 Å². The number of hydrogen-bond donors (Lipinski definition) is 4. The quantitative estimate of drug-likeness (QED) is 0.328. The molecule has 9 heteroatoms. The van der Waals surface area contributed by atoms with Crippen molar-refractivity contribution in [1.29, 1.82) is 0 Å². The summed E-state index contributed by atoms with van der Waals surface area (Å²) in [6, 6.07) is 21.1. The Morgan fingerprint density at radius 3 is 2.38 bits per heavy atom. The third-order valence-electron chi connectivity index (χ3n) is 3.76. The Balaban J connectivity index is 1.44. The Kier molecular flexibility index (Phi) is 7.34. The Morgan fingerprint density at radius 2 is 1.59 bits per heavy atom. The Morgan fingerprint density at radius 1 is 0.897 bits per heavy atom. The van der Waals surface area contributed by atoms with Crippen LogP contribution in [0.25, 0.3) is 10.8 Å². The second-order valence-electron chi connectivity index (χ2n) is 5.83. The number of amides is 1. The van der Waals surface area contributed by atoms with Gasteiger partial charge < -0.3 is 10.1 Å². The van der Waals surface area contributed by atoms with Crippen molar-refractivity contribution in [3.05, 3.63) is 71.2 Å². The minimum atomic E-state index is -0.397. The van der Waals surface area contributed by atoms with E-state index >= 15 is 0 Å². The highest BCUT2D eigenvalue weighted by atomic mass is 79.9. The first-order chi connectivity index (χ1) is 14.0. The Labute approximate surface area is 187 Å². The fraction of sp³-hybridized carbons (Fsp3) is 0.0500. The first kappa shape index (κ1) is 21.0. The highest BCUT2D eigenvalue weighted by Gasteiger charge is 2.10. The second-order valence-corrected chi connectivity index (χ2v) is 7.44. The summed E-state index contributed by atoms with van der Waals surface area (Å²) in [5, 5.41) is 7.96. The zero-order valence-corrected chi connectivity index (χ0v) is 18.3. The van der Waals surface area contributed by atoms with Crippen LogP contribution in [0.3, 0.4) is 0 Å². The summed E-state index contributed by atoms with van der Waals surface area (Å²) in [5.41, 5.74) is 6.18. The molecule has 0 bridgehead atoms. The lowest BCUT2D eigenvalue weighted by atomic mass is 10.1. The highest BCUT2D eigenvalue weighted by molar-refractivity contribution is 9.10. The zero-order chi connectivity index (χ0) is 20.6. The number of nitrogens with one attached hydrogen (secondary N) is 4. The number of benzene rings is 3. The number of hydrogen-bond acceptors (Lipinski definition) is 4. The van der Waals surface area contributed by atoms with Gasteiger partial charge in [0.05, 0.1) is 4.47 Å². The van der Waals surface area contributed by atoms with Crippen molar-refractivity contribution in [3.8, 4) is 5.75 Å². The van der Waals surface area contributed by atoms with Crippen LogP contribution in [0.5, 0.6) is 5.75 Å². The van der Waals surface area contributed by atoms with Gasteiger partial charge in [0, 0.05) is 5.69 Å². The number of rotatable bonds is 4. The summed E-state index contributed by atoms with van der Waals surface area (Å²) in [6.45, 7) is -0.189. The summed E-state index contributed by atoms with van der Waals surface area (Å²) in [4.78, 5) is 12.1. The molecule has 0 aliphatic rings. The average Bonchev–Trinajstić information content (AvgIpc) is 2.73. The molecule has 29 heavy (non-hydrogen) atoms. The van der Waals surface area contributed by atoms with E-state index in [1.807, 2.05) is 66.7 Å². The van der Waals surface area contributed by atoms with Crippen LogP contribution in [0.2, 0.25) is 0 Å². The summed E-state index contributed by atoms with van der Waals surface area (Å²) in [5.74, 6) is 0.176. The summed E-state index contributed by atoms with van der Waals surface area (Å²) in [6.07, 6.45) is 0. The third-order valence-corrected chi connectivity index (χ3v) is 4.99. The molecule has 0 aromatic heterocycles. The fourth-order valence-electron chi connectivity index (χ4n) is 2.46. The number of carbonyl (C=O) groups is 1. The molecule has 3 aromatic carbocycles. The molecule has 0 spiro atoms. The van der Waals surface area contributed by atoms with Crippen LogP contribution in [0.4, 0.5) is 5.69 Å². The van der Waals surface area contributed by atoms with Crippen LogP contribution in [0.1, 0.15) is 0 Å². The van der Waals surface area contributed by atoms with Gasteiger partial charge in [-0.2, -0.15) is 0 Å². The van der Waals surface area contributed by atoms with Gasteiger partial charge in [0.1, 0.15) is 5.75 Å². The topological polar surface area (TPSA) is 74.4 Å². The molecular weight excluding hydrogens is 472 g/mol. The molecule has 0 saturated carbocycles. The van der Waals surface area contributed by atoms with Crippen molar-refractivity contribution in [2.45, 2.75) is 0 Å². The maximum Gasteiger partial charge on any atom is 0.264 e. The fourth-order valence-corrected chi connectivity index (χ4v) is 3.40.